The molecule has 5 atom stereocenters. The monoisotopic (exact) mass is 578 g/mol. The van der Waals surface area contributed by atoms with Gasteiger partial charge in [-0.25, -0.2) is 0 Å². The van der Waals surface area contributed by atoms with E-state index in [9.17, 15) is 19.8 Å². The lowest BCUT2D eigenvalue weighted by Gasteiger charge is -2.31. The third-order valence-corrected chi connectivity index (χ3v) is 10.2. The van der Waals surface area contributed by atoms with Crippen LogP contribution in [0.4, 0.5) is 15.5 Å². The molecule has 4 rings (SSSR count). The fourth-order valence-corrected chi connectivity index (χ4v) is 8.65. The summed E-state index contributed by atoms with van der Waals surface area (Å²) in [5.41, 5.74) is 0.853. The van der Waals surface area contributed by atoms with Gasteiger partial charge >= 0.3 is 0 Å². The quantitative estimate of drug-likeness (QED) is 0.332. The average molecular weight is 580 g/mol. The molecule has 2 aliphatic heterocycles. The van der Waals surface area contributed by atoms with Gasteiger partial charge in [-0.2, -0.15) is 0 Å². The van der Waals surface area contributed by atoms with Crippen molar-refractivity contribution in [2.24, 2.45) is 5.92 Å². The van der Waals surface area contributed by atoms with Crippen LogP contribution in [0.2, 0.25) is 18.6 Å². The Balaban J connectivity index is 1.74. The SMILES string of the molecule is C[C@H](O)C(=O)Nc1cccc(CN2C(=O)[C@@]3(O[C@@H](CCO)[C@H]([Si](C)(C)F)[C@H]3C)c3cc(Br)ccc32)c1. The molecule has 0 aromatic heterocycles. The van der Waals surface area contributed by atoms with Gasteiger partial charge in [0.15, 0.2) is 5.60 Å². The lowest BCUT2D eigenvalue weighted by molar-refractivity contribution is -0.146. The van der Waals surface area contributed by atoms with Crippen molar-refractivity contribution >= 4 is 47.5 Å². The van der Waals surface area contributed by atoms with Gasteiger partial charge in [-0.05, 0) is 62.3 Å². The second kappa shape index (κ2) is 9.98. The van der Waals surface area contributed by atoms with E-state index in [1.165, 1.54) is 6.92 Å². The second-order valence-corrected chi connectivity index (χ2v) is 14.9. The summed E-state index contributed by atoms with van der Waals surface area (Å²) in [4.78, 5) is 27.8. The standard InChI is InChI=1S/C26H32BrFN2O5Si/c1-15-23(36(3,4)28)22(10-11-31)35-26(15)20-13-18(27)8-9-21(20)30(25(26)34)14-17-6-5-7-19(12-17)29-24(33)16(2)32/h5-9,12-13,15-16,22-23,31-32H,10-11,14H2,1-4H3,(H,29,33)/t15-,16+,22+,23-,26+/m1/s1. The molecule has 0 radical (unpaired) electrons. The number of carbonyl (C=O) groups is 2. The number of ether oxygens (including phenoxy) is 1. The second-order valence-electron chi connectivity index (χ2n) is 10.2. The number of carbonyl (C=O) groups excluding carboxylic acids is 2. The summed E-state index contributed by atoms with van der Waals surface area (Å²) in [6.07, 6.45) is -1.45. The molecule has 1 spiro atoms. The third kappa shape index (κ3) is 4.65. The predicted octanol–water partition coefficient (Wildman–Crippen LogP) is 4.47. The largest absolute Gasteiger partial charge is 0.396 e. The van der Waals surface area contributed by atoms with E-state index in [-0.39, 0.29) is 25.5 Å². The Morgan fingerprint density at radius 3 is 2.67 bits per heavy atom. The highest BCUT2D eigenvalue weighted by Gasteiger charge is 2.66. The highest BCUT2D eigenvalue weighted by atomic mass is 79.9. The minimum Gasteiger partial charge on any atom is -0.396 e. The molecule has 2 aliphatic rings. The Labute approximate surface area is 220 Å². The Morgan fingerprint density at radius 2 is 2.03 bits per heavy atom. The normalized spacial score (nSPS) is 26.4. The molecule has 7 nitrogen and oxygen atoms in total. The summed E-state index contributed by atoms with van der Waals surface area (Å²) in [6.45, 7) is 6.60. The van der Waals surface area contributed by atoms with Crippen LogP contribution in [0, 0.1) is 5.92 Å². The van der Waals surface area contributed by atoms with E-state index in [0.717, 1.165) is 10.0 Å². The molecule has 3 N–H and O–H groups in total. The lowest BCUT2D eigenvalue weighted by Crippen LogP contribution is -2.45. The molecule has 10 heteroatoms. The zero-order valence-corrected chi connectivity index (χ0v) is 23.4. The number of nitrogens with zero attached hydrogens (tertiary/aromatic N) is 1. The molecule has 194 valence electrons. The van der Waals surface area contributed by atoms with E-state index in [2.05, 4.69) is 21.2 Å². The summed E-state index contributed by atoms with van der Waals surface area (Å²) in [6, 6.07) is 12.7. The van der Waals surface area contributed by atoms with Gasteiger partial charge in [-0.1, -0.05) is 35.0 Å². The van der Waals surface area contributed by atoms with Crippen LogP contribution in [-0.4, -0.2) is 49.2 Å². The molecular formula is C26H32BrFN2O5Si. The average Bonchev–Trinajstić information content (AvgIpc) is 3.21. The van der Waals surface area contributed by atoms with E-state index >= 15 is 4.11 Å². The Morgan fingerprint density at radius 1 is 1.31 bits per heavy atom. The first-order valence-corrected chi connectivity index (χ1v) is 15.8. The number of anilines is 2. The van der Waals surface area contributed by atoms with E-state index in [4.69, 9.17) is 4.74 Å². The van der Waals surface area contributed by atoms with E-state index in [0.29, 0.717) is 16.9 Å². The number of aliphatic hydroxyl groups is 2. The first kappa shape index (κ1) is 26.9. The van der Waals surface area contributed by atoms with E-state index < -0.39 is 43.6 Å². The van der Waals surface area contributed by atoms with Gasteiger partial charge in [0.2, 0.25) is 8.41 Å². The smallest absolute Gasteiger partial charge is 0.264 e. The molecule has 1 fully saturated rings. The maximum atomic E-state index is 15.6. The van der Waals surface area contributed by atoms with E-state index in [1.807, 2.05) is 31.2 Å². The van der Waals surface area contributed by atoms with Gasteiger partial charge in [0.1, 0.15) is 6.10 Å². The number of halogens is 2. The van der Waals surface area contributed by atoms with Gasteiger partial charge < -0.3 is 29.3 Å². The minimum absolute atomic E-state index is 0.150. The molecule has 0 saturated carbocycles. The number of hydrogen-bond acceptors (Lipinski definition) is 5. The molecule has 2 aromatic carbocycles. The zero-order valence-electron chi connectivity index (χ0n) is 20.8. The predicted molar refractivity (Wildman–Crippen MR) is 142 cm³/mol. The Hall–Kier alpha value is -2.11. The summed E-state index contributed by atoms with van der Waals surface area (Å²) < 4.78 is 22.9. The fourth-order valence-electron chi connectivity index (χ4n) is 5.75. The summed E-state index contributed by atoms with van der Waals surface area (Å²) in [5.74, 6) is -1.21. The van der Waals surface area contributed by atoms with Crippen molar-refractivity contribution in [1.29, 1.82) is 0 Å². The Kier molecular flexibility index (Phi) is 7.47. The first-order chi connectivity index (χ1) is 16.9. The molecular weight excluding hydrogens is 547 g/mol. The topological polar surface area (TPSA) is 99.1 Å². The van der Waals surface area contributed by atoms with Gasteiger partial charge in [0, 0.05) is 33.8 Å². The number of rotatable bonds is 7. The molecule has 0 aliphatic carbocycles. The lowest BCUT2D eigenvalue weighted by atomic mass is 9.82. The maximum Gasteiger partial charge on any atom is 0.264 e. The van der Waals surface area contributed by atoms with Crippen molar-refractivity contribution in [3.8, 4) is 0 Å². The van der Waals surface area contributed by atoms with Crippen LogP contribution in [0.25, 0.3) is 0 Å². The van der Waals surface area contributed by atoms with Crippen molar-refractivity contribution < 1.29 is 28.6 Å². The van der Waals surface area contributed by atoms with Crippen LogP contribution in [-0.2, 0) is 26.5 Å². The fraction of sp³-hybridized carbons (Fsp3) is 0.462. The molecule has 1 saturated heterocycles. The third-order valence-electron chi connectivity index (χ3n) is 7.25. The van der Waals surface area contributed by atoms with Crippen molar-refractivity contribution in [2.75, 3.05) is 16.8 Å². The van der Waals surface area contributed by atoms with Crippen molar-refractivity contribution in [2.45, 2.75) is 63.3 Å². The van der Waals surface area contributed by atoms with Gasteiger partial charge in [-0.15, -0.1) is 0 Å². The highest BCUT2D eigenvalue weighted by molar-refractivity contribution is 9.10. The highest BCUT2D eigenvalue weighted by Crippen LogP contribution is 2.60. The van der Waals surface area contributed by atoms with Crippen molar-refractivity contribution in [3.05, 3.63) is 58.1 Å². The van der Waals surface area contributed by atoms with Crippen LogP contribution in [0.15, 0.2) is 46.9 Å². The van der Waals surface area contributed by atoms with Crippen LogP contribution < -0.4 is 10.2 Å². The van der Waals surface area contributed by atoms with Gasteiger partial charge in [-0.3, -0.25) is 9.59 Å². The number of amides is 2. The van der Waals surface area contributed by atoms with Crippen LogP contribution in [0.3, 0.4) is 0 Å². The summed E-state index contributed by atoms with van der Waals surface area (Å²) in [7, 11) is -3.25. The number of nitrogens with one attached hydrogen (secondary N) is 1. The zero-order chi connectivity index (χ0) is 26.4. The number of fused-ring (bicyclic) bond motifs is 2. The van der Waals surface area contributed by atoms with Crippen molar-refractivity contribution in [3.63, 3.8) is 0 Å². The number of hydrogen-bond donors (Lipinski definition) is 3. The maximum absolute atomic E-state index is 15.6. The number of benzene rings is 2. The first-order valence-electron chi connectivity index (χ1n) is 12.1. The van der Waals surface area contributed by atoms with E-state index in [1.54, 1.807) is 36.2 Å². The summed E-state index contributed by atoms with van der Waals surface area (Å²) in [5, 5.41) is 21.8. The molecule has 2 aromatic rings. The number of aliphatic hydroxyl groups excluding tert-OH is 2. The molecule has 2 amide bonds. The molecule has 0 bridgehead atoms. The van der Waals surface area contributed by atoms with Gasteiger partial charge in [0.05, 0.1) is 18.3 Å². The molecule has 0 unspecified atom stereocenters. The van der Waals surface area contributed by atoms with Gasteiger partial charge in [0.25, 0.3) is 11.8 Å². The molecule has 2 heterocycles. The van der Waals surface area contributed by atoms with Crippen LogP contribution >= 0.6 is 15.9 Å². The van der Waals surface area contributed by atoms with Crippen LogP contribution in [0.5, 0.6) is 0 Å². The summed E-state index contributed by atoms with van der Waals surface area (Å²) >= 11 is 3.52. The van der Waals surface area contributed by atoms with Crippen molar-refractivity contribution in [1.82, 2.24) is 0 Å². The molecule has 36 heavy (non-hydrogen) atoms. The minimum atomic E-state index is -3.25. The van der Waals surface area contributed by atoms with Crippen LogP contribution in [0.1, 0.15) is 31.4 Å². The Bertz CT molecular complexity index is 1170.